The molecule has 0 aromatic carbocycles. The van der Waals surface area contributed by atoms with E-state index in [1.165, 1.54) is 0 Å². The molecule has 56 valence electrons. The van der Waals surface area contributed by atoms with Crippen molar-refractivity contribution in [1.82, 2.24) is 5.32 Å². The van der Waals surface area contributed by atoms with Crippen LogP contribution >= 0.6 is 0 Å². The molecule has 1 aliphatic heterocycles. The van der Waals surface area contributed by atoms with Crippen molar-refractivity contribution in [2.75, 3.05) is 0 Å². The Labute approximate surface area is 61.3 Å². The summed E-state index contributed by atoms with van der Waals surface area (Å²) >= 11 is 0. The molecule has 1 atom stereocenters. The monoisotopic (exact) mass is 139 g/mol. The van der Waals surface area contributed by atoms with Crippen LogP contribution in [0.5, 0.6) is 0 Å². The summed E-state index contributed by atoms with van der Waals surface area (Å²) < 4.78 is 0. The average molecular weight is 139 g/mol. The molecular weight excluding hydrogens is 126 g/mol. The minimum Gasteiger partial charge on any atom is -0.333 e. The third-order valence-electron chi connectivity index (χ3n) is 1.77. The normalized spacial score (nSPS) is 24.5. The largest absolute Gasteiger partial charge is 0.333 e. The fourth-order valence-corrected chi connectivity index (χ4v) is 1.20. The van der Waals surface area contributed by atoms with Crippen LogP contribution in [0, 0.1) is 5.92 Å². The summed E-state index contributed by atoms with van der Waals surface area (Å²) in [6, 6.07) is 0. The Morgan fingerprint density at radius 3 is 3.20 bits per heavy atom. The van der Waals surface area contributed by atoms with E-state index >= 15 is 0 Å². The predicted molar refractivity (Wildman–Crippen MR) is 40.3 cm³/mol. The second kappa shape index (κ2) is 3.40. The van der Waals surface area contributed by atoms with E-state index in [1.807, 2.05) is 6.08 Å². The molecule has 0 saturated heterocycles. The maximum Gasteiger partial charge on any atom is 0.227 e. The van der Waals surface area contributed by atoms with Gasteiger partial charge in [-0.3, -0.25) is 4.79 Å². The number of allylic oxidation sites excluding steroid dienone is 1. The lowest BCUT2D eigenvalue weighted by Crippen LogP contribution is -2.29. The molecule has 0 spiro atoms. The van der Waals surface area contributed by atoms with Gasteiger partial charge < -0.3 is 5.32 Å². The van der Waals surface area contributed by atoms with Crippen molar-refractivity contribution in [2.24, 2.45) is 5.92 Å². The van der Waals surface area contributed by atoms with Crippen LogP contribution in [-0.4, -0.2) is 5.91 Å². The second-order valence-corrected chi connectivity index (χ2v) is 2.63. The molecule has 10 heavy (non-hydrogen) atoms. The van der Waals surface area contributed by atoms with Crippen molar-refractivity contribution in [3.63, 3.8) is 0 Å². The Morgan fingerprint density at radius 1 is 1.80 bits per heavy atom. The minimum absolute atomic E-state index is 0.185. The molecule has 2 heteroatoms. The molecule has 1 aliphatic rings. The SMILES string of the molecule is CCCC1CC=CNC1=O. The first kappa shape index (κ1) is 7.32. The van der Waals surface area contributed by atoms with Gasteiger partial charge in [0.15, 0.2) is 0 Å². The van der Waals surface area contributed by atoms with E-state index in [4.69, 9.17) is 0 Å². The zero-order valence-electron chi connectivity index (χ0n) is 6.26. The highest BCUT2D eigenvalue weighted by Crippen LogP contribution is 2.14. The molecule has 0 aromatic heterocycles. The Hall–Kier alpha value is -0.790. The van der Waals surface area contributed by atoms with Crippen LogP contribution in [0.3, 0.4) is 0 Å². The van der Waals surface area contributed by atoms with Crippen LogP contribution < -0.4 is 5.32 Å². The van der Waals surface area contributed by atoms with Crippen LogP contribution in [0.4, 0.5) is 0 Å². The van der Waals surface area contributed by atoms with Gasteiger partial charge in [0.05, 0.1) is 0 Å². The average Bonchev–Trinajstić information content (AvgIpc) is 1.94. The van der Waals surface area contributed by atoms with Gasteiger partial charge in [-0.15, -0.1) is 0 Å². The van der Waals surface area contributed by atoms with E-state index in [2.05, 4.69) is 12.2 Å². The summed E-state index contributed by atoms with van der Waals surface area (Å²) in [7, 11) is 0. The van der Waals surface area contributed by atoms with Crippen LogP contribution in [-0.2, 0) is 4.79 Å². The van der Waals surface area contributed by atoms with Gasteiger partial charge in [0, 0.05) is 5.92 Å². The van der Waals surface area contributed by atoms with Crippen molar-refractivity contribution >= 4 is 5.91 Å². The summed E-state index contributed by atoms with van der Waals surface area (Å²) in [6.07, 6.45) is 6.76. The van der Waals surface area contributed by atoms with Crippen LogP contribution in [0.2, 0.25) is 0 Å². The van der Waals surface area contributed by atoms with Crippen molar-refractivity contribution in [3.05, 3.63) is 12.3 Å². The van der Waals surface area contributed by atoms with Gasteiger partial charge in [0.2, 0.25) is 5.91 Å². The van der Waals surface area contributed by atoms with Gasteiger partial charge in [-0.1, -0.05) is 19.4 Å². The van der Waals surface area contributed by atoms with Crippen molar-refractivity contribution < 1.29 is 4.79 Å². The molecule has 2 nitrogen and oxygen atoms in total. The Balaban J connectivity index is 2.43. The maximum absolute atomic E-state index is 11.0. The van der Waals surface area contributed by atoms with Crippen molar-refractivity contribution in [3.8, 4) is 0 Å². The standard InChI is InChI=1S/C8H13NO/c1-2-4-7-5-3-6-9-8(7)10/h3,6-7H,2,4-5H2,1H3,(H,9,10). The third kappa shape index (κ3) is 1.59. The molecule has 1 amide bonds. The van der Waals surface area contributed by atoms with Crippen LogP contribution in [0.1, 0.15) is 26.2 Å². The summed E-state index contributed by atoms with van der Waals surface area (Å²) in [5.74, 6) is 0.416. The molecular formula is C8H13NO. The van der Waals surface area contributed by atoms with E-state index in [9.17, 15) is 4.79 Å². The molecule has 0 aromatic rings. The van der Waals surface area contributed by atoms with E-state index < -0.39 is 0 Å². The number of nitrogens with one attached hydrogen (secondary N) is 1. The van der Waals surface area contributed by atoms with E-state index in [1.54, 1.807) is 6.20 Å². The number of carbonyl (C=O) groups is 1. The Bertz CT molecular complexity index is 151. The van der Waals surface area contributed by atoms with Gasteiger partial charge in [0.25, 0.3) is 0 Å². The van der Waals surface area contributed by atoms with Gasteiger partial charge in [-0.2, -0.15) is 0 Å². The smallest absolute Gasteiger partial charge is 0.227 e. The lowest BCUT2D eigenvalue weighted by atomic mass is 9.97. The molecule has 0 radical (unpaired) electrons. The number of carbonyl (C=O) groups excluding carboxylic acids is 1. The maximum atomic E-state index is 11.0. The third-order valence-corrected chi connectivity index (χ3v) is 1.77. The summed E-state index contributed by atoms with van der Waals surface area (Å²) in [4.78, 5) is 11.0. The second-order valence-electron chi connectivity index (χ2n) is 2.63. The van der Waals surface area contributed by atoms with Gasteiger partial charge >= 0.3 is 0 Å². The van der Waals surface area contributed by atoms with Gasteiger partial charge in [0.1, 0.15) is 0 Å². The highest BCUT2D eigenvalue weighted by atomic mass is 16.1. The minimum atomic E-state index is 0.185. The zero-order chi connectivity index (χ0) is 7.40. The number of amides is 1. The number of hydrogen-bond donors (Lipinski definition) is 1. The molecule has 0 aliphatic carbocycles. The van der Waals surface area contributed by atoms with Gasteiger partial charge in [-0.05, 0) is 19.0 Å². The van der Waals surface area contributed by atoms with Crippen molar-refractivity contribution in [1.29, 1.82) is 0 Å². The van der Waals surface area contributed by atoms with Crippen LogP contribution in [0.15, 0.2) is 12.3 Å². The highest BCUT2D eigenvalue weighted by Gasteiger charge is 2.16. The molecule has 0 saturated carbocycles. The lowest BCUT2D eigenvalue weighted by molar-refractivity contribution is -0.124. The molecule has 0 bridgehead atoms. The molecule has 1 rings (SSSR count). The quantitative estimate of drug-likeness (QED) is 0.616. The first-order valence-electron chi connectivity index (χ1n) is 3.80. The molecule has 1 unspecified atom stereocenters. The van der Waals surface area contributed by atoms with Crippen LogP contribution in [0.25, 0.3) is 0 Å². The predicted octanol–water partition coefficient (Wildman–Crippen LogP) is 1.44. The topological polar surface area (TPSA) is 29.1 Å². The van der Waals surface area contributed by atoms with Gasteiger partial charge in [-0.25, -0.2) is 0 Å². The number of rotatable bonds is 2. The fraction of sp³-hybridized carbons (Fsp3) is 0.625. The van der Waals surface area contributed by atoms with E-state index in [-0.39, 0.29) is 11.8 Å². The lowest BCUT2D eigenvalue weighted by Gasteiger charge is -2.15. The summed E-state index contributed by atoms with van der Waals surface area (Å²) in [5.41, 5.74) is 0. The van der Waals surface area contributed by atoms with Crippen molar-refractivity contribution in [2.45, 2.75) is 26.2 Å². The van der Waals surface area contributed by atoms with E-state index in [0.717, 1.165) is 19.3 Å². The highest BCUT2D eigenvalue weighted by molar-refractivity contribution is 5.80. The number of hydrogen-bond acceptors (Lipinski definition) is 1. The Kier molecular flexibility index (Phi) is 2.49. The molecule has 1 N–H and O–H groups in total. The fourth-order valence-electron chi connectivity index (χ4n) is 1.20. The Morgan fingerprint density at radius 2 is 2.60 bits per heavy atom. The summed E-state index contributed by atoms with van der Waals surface area (Å²) in [5, 5.41) is 2.70. The first-order valence-corrected chi connectivity index (χ1v) is 3.80. The molecule has 1 heterocycles. The van der Waals surface area contributed by atoms with E-state index in [0.29, 0.717) is 0 Å². The zero-order valence-corrected chi connectivity index (χ0v) is 6.26. The first-order chi connectivity index (χ1) is 4.84. The summed E-state index contributed by atoms with van der Waals surface area (Å²) in [6.45, 7) is 2.10. The molecule has 0 fully saturated rings.